The quantitative estimate of drug-likeness (QED) is 0.783. The molecule has 1 aliphatic heterocycles. The molecular formula is C14H19NO2. The first-order valence-electron chi connectivity index (χ1n) is 6.34. The summed E-state index contributed by atoms with van der Waals surface area (Å²) in [6, 6.07) is 9.62. The second kappa shape index (κ2) is 5.71. The van der Waals surface area contributed by atoms with E-state index in [0.717, 1.165) is 25.8 Å². The van der Waals surface area contributed by atoms with E-state index < -0.39 is 0 Å². The van der Waals surface area contributed by atoms with Gasteiger partial charge in [0.2, 0.25) is 0 Å². The van der Waals surface area contributed by atoms with Crippen LogP contribution in [0.5, 0.6) is 5.75 Å². The molecule has 0 spiro atoms. The molecule has 1 heterocycles. The SMILES string of the molecule is CCC1CCCCN1C(=O)Oc1ccccc1. The fraction of sp³-hybridized carbons (Fsp3) is 0.500. The van der Waals surface area contributed by atoms with Crippen molar-refractivity contribution in [3.8, 4) is 5.75 Å². The maximum absolute atomic E-state index is 12.0. The third kappa shape index (κ3) is 2.99. The molecule has 0 aromatic heterocycles. The molecule has 1 aromatic rings. The van der Waals surface area contributed by atoms with Gasteiger partial charge in [0.1, 0.15) is 5.75 Å². The van der Waals surface area contributed by atoms with E-state index in [9.17, 15) is 4.79 Å². The van der Waals surface area contributed by atoms with Crippen LogP contribution in [0.3, 0.4) is 0 Å². The van der Waals surface area contributed by atoms with Crippen molar-refractivity contribution in [3.63, 3.8) is 0 Å². The minimum absolute atomic E-state index is 0.206. The highest BCUT2D eigenvalue weighted by Crippen LogP contribution is 2.21. The smallest absolute Gasteiger partial charge is 0.410 e. The van der Waals surface area contributed by atoms with Gasteiger partial charge in [-0.2, -0.15) is 0 Å². The second-order valence-corrected chi connectivity index (χ2v) is 4.43. The van der Waals surface area contributed by atoms with Gasteiger partial charge in [0, 0.05) is 12.6 Å². The fourth-order valence-corrected chi connectivity index (χ4v) is 2.31. The molecule has 92 valence electrons. The van der Waals surface area contributed by atoms with Gasteiger partial charge in [-0.3, -0.25) is 0 Å². The van der Waals surface area contributed by atoms with Crippen molar-refractivity contribution >= 4 is 6.09 Å². The first kappa shape index (κ1) is 12.0. The van der Waals surface area contributed by atoms with Crippen LogP contribution in [0, 0.1) is 0 Å². The number of ether oxygens (including phenoxy) is 1. The highest BCUT2D eigenvalue weighted by atomic mass is 16.6. The Hall–Kier alpha value is -1.51. The Morgan fingerprint density at radius 2 is 2.12 bits per heavy atom. The molecule has 17 heavy (non-hydrogen) atoms. The van der Waals surface area contributed by atoms with Crippen molar-refractivity contribution in [2.24, 2.45) is 0 Å². The molecule has 1 amide bonds. The van der Waals surface area contributed by atoms with Crippen LogP contribution in [-0.2, 0) is 0 Å². The molecule has 3 nitrogen and oxygen atoms in total. The van der Waals surface area contributed by atoms with Crippen LogP contribution in [-0.4, -0.2) is 23.6 Å². The zero-order chi connectivity index (χ0) is 12.1. The molecule has 0 aliphatic carbocycles. The van der Waals surface area contributed by atoms with Gasteiger partial charge >= 0.3 is 6.09 Å². The van der Waals surface area contributed by atoms with E-state index in [4.69, 9.17) is 4.74 Å². The fourth-order valence-electron chi connectivity index (χ4n) is 2.31. The largest absolute Gasteiger partial charge is 0.415 e. The molecule has 1 saturated heterocycles. The van der Waals surface area contributed by atoms with Crippen LogP contribution in [0.1, 0.15) is 32.6 Å². The topological polar surface area (TPSA) is 29.5 Å². The lowest BCUT2D eigenvalue weighted by Crippen LogP contribution is -2.44. The maximum atomic E-state index is 12.0. The average molecular weight is 233 g/mol. The summed E-state index contributed by atoms with van der Waals surface area (Å²) in [5.41, 5.74) is 0. The van der Waals surface area contributed by atoms with Gasteiger partial charge in [0.05, 0.1) is 0 Å². The van der Waals surface area contributed by atoms with Gasteiger partial charge < -0.3 is 9.64 Å². The van der Waals surface area contributed by atoms with Crippen LogP contribution in [0.4, 0.5) is 4.79 Å². The van der Waals surface area contributed by atoms with E-state index in [0.29, 0.717) is 11.8 Å². The lowest BCUT2D eigenvalue weighted by atomic mass is 10.0. The highest BCUT2D eigenvalue weighted by molar-refractivity contribution is 5.71. The molecule has 1 aromatic carbocycles. The normalized spacial score (nSPS) is 20.1. The van der Waals surface area contributed by atoms with E-state index in [-0.39, 0.29) is 6.09 Å². The lowest BCUT2D eigenvalue weighted by Gasteiger charge is -2.34. The zero-order valence-electron chi connectivity index (χ0n) is 10.3. The molecule has 1 atom stereocenters. The van der Waals surface area contributed by atoms with Crippen LogP contribution < -0.4 is 4.74 Å². The van der Waals surface area contributed by atoms with Crippen LogP contribution in [0.25, 0.3) is 0 Å². The van der Waals surface area contributed by atoms with Crippen molar-refractivity contribution in [1.29, 1.82) is 0 Å². The molecule has 3 heteroatoms. The number of nitrogens with zero attached hydrogens (tertiary/aromatic N) is 1. The Morgan fingerprint density at radius 1 is 1.35 bits per heavy atom. The van der Waals surface area contributed by atoms with Gasteiger partial charge in [0.15, 0.2) is 0 Å². The van der Waals surface area contributed by atoms with Crippen molar-refractivity contribution in [2.45, 2.75) is 38.6 Å². The van der Waals surface area contributed by atoms with Gasteiger partial charge in [-0.05, 0) is 37.8 Å². The number of hydrogen-bond donors (Lipinski definition) is 0. The summed E-state index contributed by atoms with van der Waals surface area (Å²) in [6.07, 6.45) is 4.20. The van der Waals surface area contributed by atoms with E-state index >= 15 is 0 Å². The Labute approximate surface area is 102 Å². The predicted octanol–water partition coefficient (Wildman–Crippen LogP) is 3.45. The Balaban J connectivity index is 1.99. The van der Waals surface area contributed by atoms with E-state index in [1.165, 1.54) is 6.42 Å². The number of hydrogen-bond acceptors (Lipinski definition) is 2. The third-order valence-corrected chi connectivity index (χ3v) is 3.28. The van der Waals surface area contributed by atoms with Crippen molar-refractivity contribution in [2.75, 3.05) is 6.54 Å². The molecule has 0 N–H and O–H groups in total. The molecular weight excluding hydrogens is 214 g/mol. The van der Waals surface area contributed by atoms with Gasteiger partial charge in [0.25, 0.3) is 0 Å². The molecule has 0 radical (unpaired) electrons. The number of rotatable bonds is 2. The summed E-state index contributed by atoms with van der Waals surface area (Å²) < 4.78 is 5.37. The Morgan fingerprint density at radius 3 is 2.82 bits per heavy atom. The van der Waals surface area contributed by atoms with Crippen molar-refractivity contribution < 1.29 is 9.53 Å². The predicted molar refractivity (Wildman–Crippen MR) is 67.1 cm³/mol. The molecule has 0 bridgehead atoms. The van der Waals surface area contributed by atoms with Gasteiger partial charge in [-0.25, -0.2) is 4.79 Å². The molecule has 0 saturated carbocycles. The molecule has 1 fully saturated rings. The highest BCUT2D eigenvalue weighted by Gasteiger charge is 2.26. The van der Waals surface area contributed by atoms with E-state index in [1.807, 2.05) is 35.2 Å². The van der Waals surface area contributed by atoms with Gasteiger partial charge in [-0.1, -0.05) is 25.1 Å². The van der Waals surface area contributed by atoms with Crippen LogP contribution in [0.2, 0.25) is 0 Å². The summed E-state index contributed by atoms with van der Waals surface area (Å²) in [5.74, 6) is 0.623. The maximum Gasteiger partial charge on any atom is 0.415 e. The van der Waals surface area contributed by atoms with E-state index in [2.05, 4.69) is 6.92 Å². The van der Waals surface area contributed by atoms with Crippen molar-refractivity contribution in [3.05, 3.63) is 30.3 Å². The van der Waals surface area contributed by atoms with Gasteiger partial charge in [-0.15, -0.1) is 0 Å². The summed E-state index contributed by atoms with van der Waals surface area (Å²) in [5, 5.41) is 0. The first-order valence-corrected chi connectivity index (χ1v) is 6.34. The molecule has 1 unspecified atom stereocenters. The number of carbonyl (C=O) groups is 1. The standard InChI is InChI=1S/C14H19NO2/c1-2-12-8-6-7-11-15(12)14(16)17-13-9-4-3-5-10-13/h3-5,9-10,12H,2,6-8,11H2,1H3. The number of amides is 1. The zero-order valence-corrected chi connectivity index (χ0v) is 10.3. The second-order valence-electron chi connectivity index (χ2n) is 4.43. The number of piperidine rings is 1. The summed E-state index contributed by atoms with van der Waals surface area (Å²) in [7, 11) is 0. The lowest BCUT2D eigenvalue weighted by molar-refractivity contribution is 0.111. The third-order valence-electron chi connectivity index (χ3n) is 3.28. The molecule has 2 rings (SSSR count). The Bertz CT molecular complexity index is 364. The summed E-state index contributed by atoms with van der Waals surface area (Å²) >= 11 is 0. The number of likely N-dealkylation sites (tertiary alicyclic amines) is 1. The van der Waals surface area contributed by atoms with E-state index in [1.54, 1.807) is 0 Å². The van der Waals surface area contributed by atoms with Crippen molar-refractivity contribution in [1.82, 2.24) is 4.90 Å². The summed E-state index contributed by atoms with van der Waals surface area (Å²) in [6.45, 7) is 2.95. The minimum atomic E-state index is -0.206. The summed E-state index contributed by atoms with van der Waals surface area (Å²) in [4.78, 5) is 13.9. The monoisotopic (exact) mass is 233 g/mol. The average Bonchev–Trinajstić information content (AvgIpc) is 2.40. The number of para-hydroxylation sites is 1. The van der Waals surface area contributed by atoms with Crippen LogP contribution in [0.15, 0.2) is 30.3 Å². The Kier molecular flexibility index (Phi) is 4.02. The van der Waals surface area contributed by atoms with Crippen LogP contribution >= 0.6 is 0 Å². The number of carbonyl (C=O) groups excluding carboxylic acids is 1. The first-order chi connectivity index (χ1) is 8.31. The minimum Gasteiger partial charge on any atom is -0.410 e. The number of benzene rings is 1. The molecule has 1 aliphatic rings.